The van der Waals surface area contributed by atoms with E-state index in [1.807, 2.05) is 13.8 Å². The molecule has 2 unspecified atom stereocenters. The highest BCUT2D eigenvalue weighted by Crippen LogP contribution is 2.26. The molecule has 1 aliphatic rings. The van der Waals surface area contributed by atoms with Gasteiger partial charge in [-0.05, 0) is 11.8 Å². The van der Waals surface area contributed by atoms with Crippen LogP contribution in [0.15, 0.2) is 0 Å². The van der Waals surface area contributed by atoms with E-state index in [-0.39, 0.29) is 18.0 Å². The molecule has 0 saturated carbocycles. The Labute approximate surface area is 74.3 Å². The summed E-state index contributed by atoms with van der Waals surface area (Å²) < 4.78 is 5.65. The third-order valence-electron chi connectivity index (χ3n) is 2.39. The van der Waals surface area contributed by atoms with E-state index in [0.29, 0.717) is 18.3 Å². The molecule has 2 nitrogen and oxygen atoms in total. The molecule has 0 spiro atoms. The lowest BCUT2D eigenvalue weighted by atomic mass is 10.00. The number of ether oxygens (including phenoxy) is 1. The molecule has 0 N–H and O–H groups in total. The van der Waals surface area contributed by atoms with Crippen molar-refractivity contribution in [3.05, 3.63) is 0 Å². The quantitative estimate of drug-likeness (QED) is 0.633. The Balaban J connectivity index is 2.56. The van der Waals surface area contributed by atoms with Crippen molar-refractivity contribution in [2.45, 2.75) is 46.3 Å². The van der Waals surface area contributed by atoms with Crippen LogP contribution in [-0.2, 0) is 9.53 Å². The van der Waals surface area contributed by atoms with E-state index >= 15 is 0 Å². The van der Waals surface area contributed by atoms with E-state index in [2.05, 4.69) is 13.8 Å². The maximum Gasteiger partial charge on any atom is 0.164 e. The number of carbonyl (C=O) groups is 1. The standard InChI is InChI=1S/C10H18O2/c1-6(2)9-5-8(11)10(12-9)7(3)4/h6-7,9-10H,5H2,1-4H3. The van der Waals surface area contributed by atoms with Gasteiger partial charge < -0.3 is 4.74 Å². The summed E-state index contributed by atoms with van der Waals surface area (Å²) in [5.74, 6) is 1.06. The summed E-state index contributed by atoms with van der Waals surface area (Å²) >= 11 is 0. The first kappa shape index (κ1) is 9.72. The van der Waals surface area contributed by atoms with Crippen LogP contribution >= 0.6 is 0 Å². The van der Waals surface area contributed by atoms with Crippen molar-refractivity contribution in [3.63, 3.8) is 0 Å². The Kier molecular flexibility index (Phi) is 2.89. The van der Waals surface area contributed by atoms with Gasteiger partial charge in [0, 0.05) is 6.42 Å². The molecule has 12 heavy (non-hydrogen) atoms. The fraction of sp³-hybridized carbons (Fsp3) is 0.900. The van der Waals surface area contributed by atoms with Crippen molar-refractivity contribution in [1.29, 1.82) is 0 Å². The molecule has 1 heterocycles. The van der Waals surface area contributed by atoms with Gasteiger partial charge in [0.05, 0.1) is 6.10 Å². The molecule has 0 amide bonds. The van der Waals surface area contributed by atoms with Gasteiger partial charge in [0.25, 0.3) is 0 Å². The lowest BCUT2D eigenvalue weighted by Crippen LogP contribution is -2.23. The molecule has 0 radical (unpaired) electrons. The van der Waals surface area contributed by atoms with Crippen LogP contribution in [0, 0.1) is 11.8 Å². The molecular weight excluding hydrogens is 152 g/mol. The molecule has 2 heteroatoms. The minimum Gasteiger partial charge on any atom is -0.366 e. The summed E-state index contributed by atoms with van der Waals surface area (Å²) in [6, 6.07) is 0. The largest absolute Gasteiger partial charge is 0.366 e. The van der Waals surface area contributed by atoms with Crippen LogP contribution < -0.4 is 0 Å². The summed E-state index contributed by atoms with van der Waals surface area (Å²) in [4.78, 5) is 11.4. The van der Waals surface area contributed by atoms with Gasteiger partial charge in [0.1, 0.15) is 6.10 Å². The summed E-state index contributed by atoms with van der Waals surface area (Å²) in [6.45, 7) is 8.26. The van der Waals surface area contributed by atoms with Crippen LogP contribution in [0.2, 0.25) is 0 Å². The van der Waals surface area contributed by atoms with Crippen molar-refractivity contribution < 1.29 is 9.53 Å². The molecule has 0 aromatic rings. The molecule has 70 valence electrons. The van der Waals surface area contributed by atoms with Gasteiger partial charge >= 0.3 is 0 Å². The second-order valence-electron chi connectivity index (χ2n) is 4.25. The second-order valence-corrected chi connectivity index (χ2v) is 4.25. The summed E-state index contributed by atoms with van der Waals surface area (Å²) in [7, 11) is 0. The lowest BCUT2D eigenvalue weighted by molar-refractivity contribution is -0.124. The molecule has 0 aromatic carbocycles. The predicted octanol–water partition coefficient (Wildman–Crippen LogP) is 2.02. The van der Waals surface area contributed by atoms with Crippen molar-refractivity contribution in [3.8, 4) is 0 Å². The number of ketones is 1. The van der Waals surface area contributed by atoms with Gasteiger partial charge in [-0.15, -0.1) is 0 Å². The molecular formula is C10H18O2. The normalized spacial score (nSPS) is 30.7. The summed E-state index contributed by atoms with van der Waals surface area (Å²) in [5.41, 5.74) is 0. The molecule has 1 rings (SSSR count). The molecule has 1 aliphatic heterocycles. The fourth-order valence-corrected chi connectivity index (χ4v) is 1.55. The summed E-state index contributed by atoms with van der Waals surface area (Å²) in [5, 5.41) is 0. The van der Waals surface area contributed by atoms with Crippen LogP contribution in [0.1, 0.15) is 34.1 Å². The number of carbonyl (C=O) groups excluding carboxylic acids is 1. The van der Waals surface area contributed by atoms with Crippen LogP contribution in [0.4, 0.5) is 0 Å². The molecule has 0 bridgehead atoms. The predicted molar refractivity (Wildman–Crippen MR) is 48.0 cm³/mol. The second kappa shape index (κ2) is 3.56. The SMILES string of the molecule is CC(C)C1CC(=O)C(C(C)C)O1. The lowest BCUT2D eigenvalue weighted by Gasteiger charge is -2.17. The number of hydrogen-bond donors (Lipinski definition) is 0. The first-order chi connectivity index (χ1) is 5.52. The average Bonchev–Trinajstić information content (AvgIpc) is 2.30. The van der Waals surface area contributed by atoms with Gasteiger partial charge in [-0.2, -0.15) is 0 Å². The molecule has 0 aliphatic carbocycles. The van der Waals surface area contributed by atoms with Crippen LogP contribution in [-0.4, -0.2) is 18.0 Å². The molecule has 2 atom stereocenters. The zero-order valence-electron chi connectivity index (χ0n) is 8.33. The minimum atomic E-state index is -0.141. The van der Waals surface area contributed by atoms with Gasteiger partial charge in [-0.3, -0.25) is 4.79 Å². The third-order valence-corrected chi connectivity index (χ3v) is 2.39. The van der Waals surface area contributed by atoms with Crippen LogP contribution in [0.25, 0.3) is 0 Å². The average molecular weight is 170 g/mol. The number of Topliss-reactive ketones (excluding diaryl/α,β-unsaturated/α-hetero) is 1. The van der Waals surface area contributed by atoms with E-state index in [0.717, 1.165) is 0 Å². The number of hydrogen-bond acceptors (Lipinski definition) is 2. The highest BCUT2D eigenvalue weighted by Gasteiger charge is 2.36. The molecule has 0 aromatic heterocycles. The highest BCUT2D eigenvalue weighted by molar-refractivity contribution is 5.85. The highest BCUT2D eigenvalue weighted by atomic mass is 16.5. The Bertz CT molecular complexity index is 173. The Morgan fingerprint density at radius 2 is 1.83 bits per heavy atom. The third kappa shape index (κ3) is 1.86. The monoisotopic (exact) mass is 170 g/mol. The van der Waals surface area contributed by atoms with Gasteiger partial charge in [-0.1, -0.05) is 27.7 Å². The van der Waals surface area contributed by atoms with Crippen molar-refractivity contribution >= 4 is 5.78 Å². The van der Waals surface area contributed by atoms with E-state index in [1.165, 1.54) is 0 Å². The fourth-order valence-electron chi connectivity index (χ4n) is 1.55. The van der Waals surface area contributed by atoms with Crippen LogP contribution in [0.3, 0.4) is 0 Å². The Morgan fingerprint density at radius 1 is 1.25 bits per heavy atom. The zero-order chi connectivity index (χ0) is 9.30. The first-order valence-electron chi connectivity index (χ1n) is 4.70. The van der Waals surface area contributed by atoms with Crippen molar-refractivity contribution in [2.24, 2.45) is 11.8 Å². The zero-order valence-corrected chi connectivity index (χ0v) is 8.33. The number of rotatable bonds is 2. The topological polar surface area (TPSA) is 26.3 Å². The van der Waals surface area contributed by atoms with E-state index in [1.54, 1.807) is 0 Å². The maximum atomic E-state index is 11.4. The van der Waals surface area contributed by atoms with E-state index in [9.17, 15) is 4.79 Å². The summed E-state index contributed by atoms with van der Waals surface area (Å²) in [6.07, 6.45) is 0.628. The van der Waals surface area contributed by atoms with Gasteiger partial charge in [-0.25, -0.2) is 0 Å². The Hall–Kier alpha value is -0.370. The van der Waals surface area contributed by atoms with Crippen molar-refractivity contribution in [2.75, 3.05) is 0 Å². The van der Waals surface area contributed by atoms with Gasteiger partial charge in [0.15, 0.2) is 5.78 Å². The van der Waals surface area contributed by atoms with Gasteiger partial charge in [0.2, 0.25) is 0 Å². The Morgan fingerprint density at radius 3 is 2.08 bits per heavy atom. The first-order valence-corrected chi connectivity index (χ1v) is 4.70. The smallest absolute Gasteiger partial charge is 0.164 e. The minimum absolute atomic E-state index is 0.141. The molecule has 1 fully saturated rings. The van der Waals surface area contributed by atoms with Crippen LogP contribution in [0.5, 0.6) is 0 Å². The van der Waals surface area contributed by atoms with E-state index in [4.69, 9.17) is 4.74 Å². The van der Waals surface area contributed by atoms with Crippen molar-refractivity contribution in [1.82, 2.24) is 0 Å². The van der Waals surface area contributed by atoms with E-state index < -0.39 is 0 Å². The molecule has 1 saturated heterocycles. The maximum absolute atomic E-state index is 11.4.